The zero-order chi connectivity index (χ0) is 34.6. The second kappa shape index (κ2) is 17.5. The number of aromatic nitrogens is 1. The van der Waals surface area contributed by atoms with Crippen LogP contribution in [-0.4, -0.2) is 95.1 Å². The Bertz CT molecular complexity index is 1580. The SMILES string of the molecule is CCOC(OCC)[C@H](CC(=O)OC(C)(C)C)NS(=O)(=O)c1ccc(C(=O)NCCN(C)C)cc1OCCc1cccc2ncccc12. The molecule has 1 amide bonds. The number of benzene rings is 2. The summed E-state index contributed by atoms with van der Waals surface area (Å²) in [5.41, 5.74) is 1.27. The zero-order valence-corrected chi connectivity index (χ0v) is 29.2. The predicted molar refractivity (Wildman–Crippen MR) is 180 cm³/mol. The largest absolute Gasteiger partial charge is 0.492 e. The molecule has 0 spiro atoms. The molecule has 13 heteroatoms. The Morgan fingerprint density at radius 2 is 1.72 bits per heavy atom. The summed E-state index contributed by atoms with van der Waals surface area (Å²) in [6.07, 6.45) is 0.754. The third-order valence-electron chi connectivity index (χ3n) is 6.81. The number of pyridine rings is 1. The normalized spacial score (nSPS) is 12.8. The molecule has 0 unspecified atom stereocenters. The van der Waals surface area contributed by atoms with Gasteiger partial charge in [0, 0.05) is 49.9 Å². The van der Waals surface area contributed by atoms with E-state index in [0.29, 0.717) is 19.5 Å². The lowest BCUT2D eigenvalue weighted by Gasteiger charge is -2.28. The minimum Gasteiger partial charge on any atom is -0.492 e. The topological polar surface area (TPSA) is 145 Å². The second-order valence-electron chi connectivity index (χ2n) is 12.1. The van der Waals surface area contributed by atoms with Crippen LogP contribution in [0, 0.1) is 0 Å². The molecule has 0 saturated carbocycles. The van der Waals surface area contributed by atoms with Gasteiger partial charge in [-0.25, -0.2) is 13.1 Å². The van der Waals surface area contributed by atoms with Gasteiger partial charge in [0.05, 0.1) is 24.6 Å². The smallest absolute Gasteiger partial charge is 0.308 e. The second-order valence-corrected chi connectivity index (χ2v) is 13.8. The summed E-state index contributed by atoms with van der Waals surface area (Å²) in [6.45, 7) is 10.2. The number of sulfonamides is 1. The van der Waals surface area contributed by atoms with Crippen LogP contribution in [0.1, 0.15) is 57.0 Å². The van der Waals surface area contributed by atoms with E-state index in [1.807, 2.05) is 49.3 Å². The first-order chi connectivity index (χ1) is 22.2. The van der Waals surface area contributed by atoms with Gasteiger partial charge in [0.2, 0.25) is 10.0 Å². The molecule has 258 valence electrons. The van der Waals surface area contributed by atoms with Crippen LogP contribution in [0.5, 0.6) is 5.75 Å². The van der Waals surface area contributed by atoms with Gasteiger partial charge in [-0.05, 0) is 84.6 Å². The molecular weight excluding hydrogens is 624 g/mol. The van der Waals surface area contributed by atoms with Crippen molar-refractivity contribution in [1.82, 2.24) is 19.9 Å². The fourth-order valence-corrected chi connectivity index (χ4v) is 6.11. The Labute approximate surface area is 278 Å². The molecule has 3 rings (SSSR count). The number of carbonyl (C=O) groups is 2. The number of hydrogen-bond acceptors (Lipinski definition) is 10. The molecule has 0 aliphatic heterocycles. The van der Waals surface area contributed by atoms with E-state index >= 15 is 0 Å². The van der Waals surface area contributed by atoms with Crippen LogP contribution < -0.4 is 14.8 Å². The maximum Gasteiger partial charge on any atom is 0.308 e. The fraction of sp³-hybridized carbons (Fsp3) is 0.500. The van der Waals surface area contributed by atoms with Gasteiger partial charge in [-0.1, -0.05) is 18.2 Å². The molecular formula is C34H48N4O8S. The summed E-state index contributed by atoms with van der Waals surface area (Å²) < 4.78 is 53.6. The van der Waals surface area contributed by atoms with Crippen molar-refractivity contribution in [3.8, 4) is 5.75 Å². The van der Waals surface area contributed by atoms with Crippen molar-refractivity contribution in [2.75, 3.05) is 47.0 Å². The van der Waals surface area contributed by atoms with Crippen LogP contribution >= 0.6 is 0 Å². The van der Waals surface area contributed by atoms with Crippen molar-refractivity contribution in [2.45, 2.75) is 70.3 Å². The van der Waals surface area contributed by atoms with E-state index in [1.54, 1.807) is 40.8 Å². The number of hydrogen-bond donors (Lipinski definition) is 2. The Morgan fingerprint density at radius 1 is 1.00 bits per heavy atom. The van der Waals surface area contributed by atoms with Gasteiger partial charge in [0.1, 0.15) is 16.2 Å². The number of likely N-dealkylation sites (N-methyl/N-ethyl adjacent to an activating group) is 1. The summed E-state index contributed by atoms with van der Waals surface area (Å²) >= 11 is 0. The van der Waals surface area contributed by atoms with Crippen molar-refractivity contribution >= 4 is 32.8 Å². The Balaban J connectivity index is 1.95. The molecule has 0 fully saturated rings. The molecule has 0 saturated heterocycles. The maximum absolute atomic E-state index is 14.0. The Morgan fingerprint density at radius 3 is 2.38 bits per heavy atom. The van der Waals surface area contributed by atoms with Crippen LogP contribution in [0.3, 0.4) is 0 Å². The number of nitrogens with zero attached hydrogens (tertiary/aromatic N) is 2. The molecule has 2 aromatic carbocycles. The fourth-order valence-electron chi connectivity index (χ4n) is 4.76. The quantitative estimate of drug-likeness (QED) is 0.151. The lowest BCUT2D eigenvalue weighted by molar-refractivity contribution is -0.169. The van der Waals surface area contributed by atoms with Crippen molar-refractivity contribution < 1.29 is 37.0 Å². The van der Waals surface area contributed by atoms with Crippen LogP contribution in [0.25, 0.3) is 10.9 Å². The van der Waals surface area contributed by atoms with Crippen LogP contribution in [-0.2, 0) is 35.4 Å². The monoisotopic (exact) mass is 672 g/mol. The van der Waals surface area contributed by atoms with E-state index in [1.165, 1.54) is 18.2 Å². The molecule has 1 heterocycles. The van der Waals surface area contributed by atoms with Crippen LogP contribution in [0.15, 0.2) is 59.6 Å². The van der Waals surface area contributed by atoms with Crippen molar-refractivity contribution in [3.05, 3.63) is 65.9 Å². The third kappa shape index (κ3) is 11.8. The highest BCUT2D eigenvalue weighted by molar-refractivity contribution is 7.89. The van der Waals surface area contributed by atoms with E-state index in [2.05, 4.69) is 15.0 Å². The average Bonchev–Trinajstić information content (AvgIpc) is 2.99. The lowest BCUT2D eigenvalue weighted by Crippen LogP contribution is -2.47. The Hall–Kier alpha value is -3.62. The zero-order valence-electron chi connectivity index (χ0n) is 28.4. The first kappa shape index (κ1) is 37.8. The van der Waals surface area contributed by atoms with Gasteiger partial charge < -0.3 is 29.2 Å². The van der Waals surface area contributed by atoms with E-state index in [0.717, 1.165) is 16.5 Å². The maximum atomic E-state index is 14.0. The minimum atomic E-state index is -4.35. The highest BCUT2D eigenvalue weighted by Crippen LogP contribution is 2.28. The average molecular weight is 673 g/mol. The van der Waals surface area contributed by atoms with Gasteiger partial charge in [-0.15, -0.1) is 0 Å². The number of amides is 1. The van der Waals surface area contributed by atoms with E-state index < -0.39 is 33.9 Å². The molecule has 2 N–H and O–H groups in total. The summed E-state index contributed by atoms with van der Waals surface area (Å²) in [5.74, 6) is -1.01. The number of esters is 1. The first-order valence-electron chi connectivity index (χ1n) is 15.7. The van der Waals surface area contributed by atoms with Crippen molar-refractivity contribution in [3.63, 3.8) is 0 Å². The van der Waals surface area contributed by atoms with E-state index in [9.17, 15) is 18.0 Å². The highest BCUT2D eigenvalue weighted by Gasteiger charge is 2.33. The molecule has 0 bridgehead atoms. The lowest BCUT2D eigenvalue weighted by atomic mass is 10.1. The van der Waals surface area contributed by atoms with Gasteiger partial charge in [-0.2, -0.15) is 0 Å². The first-order valence-corrected chi connectivity index (χ1v) is 17.2. The Kier molecular flexibility index (Phi) is 14.1. The molecule has 0 aliphatic rings. The van der Waals surface area contributed by atoms with Gasteiger partial charge in [0.15, 0.2) is 6.29 Å². The molecule has 1 aromatic heterocycles. The molecule has 12 nitrogen and oxygen atoms in total. The van der Waals surface area contributed by atoms with E-state index in [4.69, 9.17) is 18.9 Å². The number of fused-ring (bicyclic) bond motifs is 1. The standard InChI is InChI=1S/C34H48N4O8S/c1-8-43-33(44-9-2)28(23-31(39)46-34(3,4)5)37-47(41,42)30-16-15-25(32(40)36-19-20-38(6)7)22-29(30)45-21-17-24-12-10-14-27-26(24)13-11-18-35-27/h10-16,18,22,28,33,37H,8-9,17,19-21,23H2,1-7H3,(H,36,40)/t28-/m0/s1. The van der Waals surface area contributed by atoms with Crippen molar-refractivity contribution in [1.29, 1.82) is 0 Å². The van der Waals surface area contributed by atoms with Crippen LogP contribution in [0.2, 0.25) is 0 Å². The summed E-state index contributed by atoms with van der Waals surface area (Å²) in [4.78, 5) is 32.0. The van der Waals surface area contributed by atoms with Crippen LogP contribution in [0.4, 0.5) is 0 Å². The highest BCUT2D eigenvalue weighted by atomic mass is 32.2. The molecule has 0 aliphatic carbocycles. The molecule has 0 radical (unpaired) electrons. The van der Waals surface area contributed by atoms with E-state index in [-0.39, 0.29) is 48.4 Å². The number of rotatable bonds is 18. The summed E-state index contributed by atoms with van der Waals surface area (Å²) in [6, 6.07) is 12.6. The number of ether oxygens (including phenoxy) is 4. The third-order valence-corrected chi connectivity index (χ3v) is 8.34. The number of carbonyl (C=O) groups excluding carboxylic acids is 2. The van der Waals surface area contributed by atoms with Gasteiger partial charge >= 0.3 is 5.97 Å². The van der Waals surface area contributed by atoms with Crippen molar-refractivity contribution in [2.24, 2.45) is 0 Å². The predicted octanol–water partition coefficient (Wildman–Crippen LogP) is 3.93. The molecule has 47 heavy (non-hydrogen) atoms. The minimum absolute atomic E-state index is 0.0171. The molecule has 1 atom stereocenters. The molecule has 3 aromatic rings. The number of nitrogens with one attached hydrogen (secondary N) is 2. The summed E-state index contributed by atoms with van der Waals surface area (Å²) in [7, 11) is -0.558. The summed E-state index contributed by atoms with van der Waals surface area (Å²) in [5, 5.41) is 3.80. The van der Waals surface area contributed by atoms with Gasteiger partial charge in [0.25, 0.3) is 5.91 Å². The van der Waals surface area contributed by atoms with Gasteiger partial charge in [-0.3, -0.25) is 14.6 Å².